The van der Waals surface area contributed by atoms with Gasteiger partial charge in [-0.15, -0.1) is 24.8 Å². The Kier molecular flexibility index (Phi) is 6.87. The number of imidazole rings is 1. The molecule has 1 unspecified atom stereocenters. The second kappa shape index (κ2) is 8.17. The number of aromatic nitrogens is 2. The van der Waals surface area contributed by atoms with Crippen molar-refractivity contribution in [2.75, 3.05) is 0 Å². The standard InChI is InChI=1S/C15H18N4O.2ClH/c1-11(9-19-5-4-16-10-19)18-15(20)12-2-3-13-7-17-8-14(13)6-12;;/h2-6,10-11,17H,7-9H2,1H3,(H,18,20);2*1H. The maximum absolute atomic E-state index is 12.2. The third-order valence-corrected chi connectivity index (χ3v) is 3.52. The summed E-state index contributed by atoms with van der Waals surface area (Å²) in [6.07, 6.45) is 5.38. The van der Waals surface area contributed by atoms with Crippen LogP contribution in [0.1, 0.15) is 28.4 Å². The minimum absolute atomic E-state index is 0. The highest BCUT2D eigenvalue weighted by molar-refractivity contribution is 5.94. The van der Waals surface area contributed by atoms with Crippen LogP contribution in [0.25, 0.3) is 0 Å². The minimum atomic E-state index is -0.0210. The van der Waals surface area contributed by atoms with E-state index in [1.807, 2.05) is 35.9 Å². The van der Waals surface area contributed by atoms with Crippen LogP contribution in [0.5, 0.6) is 0 Å². The summed E-state index contributed by atoms with van der Waals surface area (Å²) < 4.78 is 1.96. The van der Waals surface area contributed by atoms with Crippen molar-refractivity contribution in [2.24, 2.45) is 0 Å². The summed E-state index contributed by atoms with van der Waals surface area (Å²) in [5.41, 5.74) is 3.23. The first-order valence-electron chi connectivity index (χ1n) is 6.81. The normalized spacial score (nSPS) is 13.5. The number of amides is 1. The van der Waals surface area contributed by atoms with Gasteiger partial charge in [-0.3, -0.25) is 4.79 Å². The number of carbonyl (C=O) groups is 1. The monoisotopic (exact) mass is 342 g/mol. The van der Waals surface area contributed by atoms with Crippen LogP contribution in [0, 0.1) is 0 Å². The first kappa shape index (κ1) is 18.5. The van der Waals surface area contributed by atoms with Gasteiger partial charge in [-0.1, -0.05) is 6.07 Å². The van der Waals surface area contributed by atoms with E-state index in [1.54, 1.807) is 12.5 Å². The molecule has 22 heavy (non-hydrogen) atoms. The van der Waals surface area contributed by atoms with Crippen LogP contribution in [0.2, 0.25) is 0 Å². The van der Waals surface area contributed by atoms with Gasteiger partial charge in [-0.05, 0) is 30.2 Å². The number of carbonyl (C=O) groups excluding carboxylic acids is 1. The first-order valence-corrected chi connectivity index (χ1v) is 6.81. The second-order valence-corrected chi connectivity index (χ2v) is 5.22. The fourth-order valence-electron chi connectivity index (χ4n) is 2.50. The molecule has 1 aliphatic heterocycles. The van der Waals surface area contributed by atoms with Gasteiger partial charge in [0.05, 0.1) is 6.33 Å². The van der Waals surface area contributed by atoms with Crippen LogP contribution >= 0.6 is 24.8 Å². The van der Waals surface area contributed by atoms with Gasteiger partial charge in [0.25, 0.3) is 5.91 Å². The fraction of sp³-hybridized carbons (Fsp3) is 0.333. The minimum Gasteiger partial charge on any atom is -0.348 e. The summed E-state index contributed by atoms with van der Waals surface area (Å²) in [7, 11) is 0. The molecule has 1 amide bonds. The molecule has 0 spiro atoms. The Balaban J connectivity index is 0.00000121. The number of nitrogens with zero attached hydrogens (tertiary/aromatic N) is 2. The summed E-state index contributed by atoms with van der Waals surface area (Å²) in [6.45, 7) is 4.46. The smallest absolute Gasteiger partial charge is 0.251 e. The third kappa shape index (κ3) is 4.22. The average Bonchev–Trinajstić information content (AvgIpc) is 3.07. The molecule has 2 aromatic rings. The fourth-order valence-corrected chi connectivity index (χ4v) is 2.50. The van der Waals surface area contributed by atoms with Crippen LogP contribution in [0.3, 0.4) is 0 Å². The molecule has 0 saturated heterocycles. The number of rotatable bonds is 4. The lowest BCUT2D eigenvalue weighted by Gasteiger charge is -2.14. The van der Waals surface area contributed by atoms with Crippen molar-refractivity contribution in [3.63, 3.8) is 0 Å². The molecule has 7 heteroatoms. The number of benzene rings is 1. The molecule has 0 saturated carbocycles. The Morgan fingerprint density at radius 2 is 2.14 bits per heavy atom. The molecule has 2 N–H and O–H groups in total. The molecule has 1 aromatic heterocycles. The topological polar surface area (TPSA) is 59.0 Å². The highest BCUT2D eigenvalue weighted by Gasteiger charge is 2.14. The lowest BCUT2D eigenvalue weighted by Crippen LogP contribution is -2.35. The van der Waals surface area contributed by atoms with Crippen molar-refractivity contribution in [1.82, 2.24) is 20.2 Å². The van der Waals surface area contributed by atoms with Gasteiger partial charge in [0.1, 0.15) is 0 Å². The largest absolute Gasteiger partial charge is 0.348 e. The number of hydrogen-bond donors (Lipinski definition) is 2. The maximum Gasteiger partial charge on any atom is 0.251 e. The van der Waals surface area contributed by atoms with E-state index < -0.39 is 0 Å². The lowest BCUT2D eigenvalue weighted by atomic mass is 10.1. The molecule has 2 heterocycles. The van der Waals surface area contributed by atoms with Crippen molar-refractivity contribution >= 4 is 30.7 Å². The summed E-state index contributed by atoms with van der Waals surface area (Å²) in [6, 6.07) is 5.97. The van der Waals surface area contributed by atoms with Gasteiger partial charge in [-0.25, -0.2) is 4.98 Å². The highest BCUT2D eigenvalue weighted by atomic mass is 35.5. The zero-order valence-electron chi connectivity index (χ0n) is 12.3. The molecule has 3 rings (SSSR count). The first-order chi connectivity index (χ1) is 9.72. The van der Waals surface area contributed by atoms with Crippen molar-refractivity contribution < 1.29 is 4.79 Å². The molecule has 0 fully saturated rings. The van der Waals surface area contributed by atoms with E-state index in [0.717, 1.165) is 25.2 Å². The van der Waals surface area contributed by atoms with E-state index in [4.69, 9.17) is 0 Å². The van der Waals surface area contributed by atoms with E-state index in [2.05, 4.69) is 15.6 Å². The summed E-state index contributed by atoms with van der Waals surface area (Å²) >= 11 is 0. The molecule has 1 aliphatic rings. The molecule has 1 atom stereocenters. The number of nitrogens with one attached hydrogen (secondary N) is 2. The molecule has 120 valence electrons. The van der Waals surface area contributed by atoms with Crippen LogP contribution < -0.4 is 10.6 Å². The molecular formula is C15H20Cl2N4O. The van der Waals surface area contributed by atoms with E-state index in [0.29, 0.717) is 0 Å². The van der Waals surface area contributed by atoms with Crippen LogP contribution in [-0.4, -0.2) is 21.5 Å². The van der Waals surface area contributed by atoms with Crippen molar-refractivity contribution in [2.45, 2.75) is 32.6 Å². The van der Waals surface area contributed by atoms with E-state index >= 15 is 0 Å². The maximum atomic E-state index is 12.2. The second-order valence-electron chi connectivity index (χ2n) is 5.22. The van der Waals surface area contributed by atoms with Gasteiger partial charge >= 0.3 is 0 Å². The SMILES string of the molecule is CC(Cn1ccnc1)NC(=O)c1ccc2c(c1)CNC2.Cl.Cl. The summed E-state index contributed by atoms with van der Waals surface area (Å²) in [4.78, 5) is 16.2. The van der Waals surface area contributed by atoms with Gasteiger partial charge in [0.2, 0.25) is 0 Å². The summed E-state index contributed by atoms with van der Waals surface area (Å²) in [5.74, 6) is -0.0210. The third-order valence-electron chi connectivity index (χ3n) is 3.52. The molecule has 1 aromatic carbocycles. The predicted molar refractivity (Wildman–Crippen MR) is 90.6 cm³/mol. The Morgan fingerprint density at radius 1 is 1.36 bits per heavy atom. The Morgan fingerprint density at radius 3 is 2.86 bits per heavy atom. The zero-order valence-corrected chi connectivity index (χ0v) is 13.9. The van der Waals surface area contributed by atoms with E-state index in [-0.39, 0.29) is 36.8 Å². The molecular weight excluding hydrogens is 323 g/mol. The lowest BCUT2D eigenvalue weighted by molar-refractivity contribution is 0.0936. The van der Waals surface area contributed by atoms with Crippen LogP contribution in [0.4, 0.5) is 0 Å². The van der Waals surface area contributed by atoms with Crippen molar-refractivity contribution in [3.8, 4) is 0 Å². The number of fused-ring (bicyclic) bond motifs is 1. The molecule has 0 aliphatic carbocycles. The van der Waals surface area contributed by atoms with E-state index in [9.17, 15) is 4.79 Å². The molecule has 5 nitrogen and oxygen atoms in total. The van der Waals surface area contributed by atoms with Crippen LogP contribution in [0.15, 0.2) is 36.9 Å². The van der Waals surface area contributed by atoms with Gasteiger partial charge in [0.15, 0.2) is 0 Å². The number of halogens is 2. The predicted octanol–water partition coefficient (Wildman–Crippen LogP) is 2.15. The Hall–Kier alpha value is -1.56. The van der Waals surface area contributed by atoms with Crippen molar-refractivity contribution in [1.29, 1.82) is 0 Å². The molecule has 0 bridgehead atoms. The van der Waals surface area contributed by atoms with Crippen molar-refractivity contribution in [3.05, 3.63) is 53.6 Å². The molecule has 0 radical (unpaired) electrons. The Bertz CT molecular complexity index is 616. The van der Waals surface area contributed by atoms with E-state index in [1.165, 1.54) is 11.1 Å². The Labute approximate surface area is 142 Å². The quantitative estimate of drug-likeness (QED) is 0.894. The average molecular weight is 343 g/mol. The van der Waals surface area contributed by atoms with Crippen LogP contribution in [-0.2, 0) is 19.6 Å². The number of hydrogen-bond acceptors (Lipinski definition) is 3. The van der Waals surface area contributed by atoms with Gasteiger partial charge < -0.3 is 15.2 Å². The van der Waals surface area contributed by atoms with Gasteiger partial charge in [0, 0.05) is 43.6 Å². The summed E-state index contributed by atoms with van der Waals surface area (Å²) in [5, 5.41) is 6.30. The zero-order chi connectivity index (χ0) is 13.9. The highest BCUT2D eigenvalue weighted by Crippen LogP contribution is 2.17. The van der Waals surface area contributed by atoms with Gasteiger partial charge in [-0.2, -0.15) is 0 Å².